The summed E-state index contributed by atoms with van der Waals surface area (Å²) in [6, 6.07) is 6.57. The van der Waals surface area contributed by atoms with Crippen LogP contribution in [0.25, 0.3) is 11.4 Å². The van der Waals surface area contributed by atoms with Crippen LogP contribution in [0.2, 0.25) is 0 Å². The van der Waals surface area contributed by atoms with Gasteiger partial charge in [0.25, 0.3) is 0 Å². The maximum atomic E-state index is 12.6. The van der Waals surface area contributed by atoms with E-state index >= 15 is 0 Å². The highest BCUT2D eigenvalue weighted by molar-refractivity contribution is 5.92. The number of nitrogens with zero attached hydrogens (tertiary/aromatic N) is 2. The van der Waals surface area contributed by atoms with Gasteiger partial charge in [-0.15, -0.1) is 13.2 Å². The van der Waals surface area contributed by atoms with Crippen LogP contribution in [0.4, 0.5) is 0 Å². The monoisotopic (exact) mass is 548 g/mol. The fourth-order valence-electron chi connectivity index (χ4n) is 4.44. The van der Waals surface area contributed by atoms with Crippen LogP contribution in [-0.2, 0) is 9.47 Å². The van der Waals surface area contributed by atoms with Crippen molar-refractivity contribution in [3.63, 3.8) is 0 Å². The highest BCUT2D eigenvalue weighted by atomic mass is 16.5. The van der Waals surface area contributed by atoms with Crippen LogP contribution in [0.1, 0.15) is 123 Å². The van der Waals surface area contributed by atoms with Gasteiger partial charge in [0.05, 0.1) is 35.7 Å². The number of pyridine rings is 2. The Morgan fingerprint density at radius 2 is 0.925 bits per heavy atom. The average Bonchev–Trinajstić information content (AvgIpc) is 2.99. The highest BCUT2D eigenvalue weighted by Crippen LogP contribution is 2.18. The van der Waals surface area contributed by atoms with Crippen LogP contribution >= 0.6 is 0 Å². The maximum absolute atomic E-state index is 12.6. The van der Waals surface area contributed by atoms with Crippen molar-refractivity contribution < 1.29 is 19.1 Å². The van der Waals surface area contributed by atoms with E-state index in [1.807, 2.05) is 12.2 Å². The molecule has 0 bridgehead atoms. The molecule has 0 saturated heterocycles. The molecule has 2 aromatic rings. The van der Waals surface area contributed by atoms with Crippen molar-refractivity contribution in [2.24, 2.45) is 0 Å². The van der Waals surface area contributed by atoms with Crippen LogP contribution in [0.5, 0.6) is 0 Å². The van der Waals surface area contributed by atoms with E-state index in [-0.39, 0.29) is 11.9 Å². The van der Waals surface area contributed by atoms with Crippen LogP contribution < -0.4 is 0 Å². The van der Waals surface area contributed by atoms with Gasteiger partial charge in [-0.2, -0.15) is 0 Å². The number of unbranched alkanes of at least 4 members (excludes halogenated alkanes) is 14. The van der Waals surface area contributed by atoms with Crippen LogP contribution in [0.3, 0.4) is 0 Å². The molecule has 0 atom stereocenters. The van der Waals surface area contributed by atoms with Gasteiger partial charge in [0.1, 0.15) is 0 Å². The molecule has 6 nitrogen and oxygen atoms in total. The Morgan fingerprint density at radius 3 is 1.30 bits per heavy atom. The largest absolute Gasteiger partial charge is 0.462 e. The number of ether oxygens (including phenoxy) is 2. The van der Waals surface area contributed by atoms with Gasteiger partial charge in [-0.05, 0) is 62.8 Å². The first-order chi connectivity index (χ1) is 19.7. The molecule has 0 aliphatic rings. The van der Waals surface area contributed by atoms with Crippen molar-refractivity contribution >= 4 is 11.9 Å². The minimum absolute atomic E-state index is 0.375. The predicted octanol–water partition coefficient (Wildman–Crippen LogP) is 9.07. The molecule has 0 fully saturated rings. The first-order valence-corrected chi connectivity index (χ1v) is 15.1. The normalized spacial score (nSPS) is 10.7. The molecule has 0 radical (unpaired) electrons. The number of hydrogen-bond acceptors (Lipinski definition) is 6. The van der Waals surface area contributed by atoms with Gasteiger partial charge in [-0.1, -0.05) is 76.4 Å². The zero-order valence-electron chi connectivity index (χ0n) is 24.3. The van der Waals surface area contributed by atoms with Crippen molar-refractivity contribution in [3.8, 4) is 11.4 Å². The van der Waals surface area contributed by atoms with E-state index < -0.39 is 0 Å². The van der Waals surface area contributed by atoms with Crippen molar-refractivity contribution in [1.29, 1.82) is 0 Å². The summed E-state index contributed by atoms with van der Waals surface area (Å²) in [6.07, 6.45) is 25.3. The van der Waals surface area contributed by atoms with Gasteiger partial charge in [0.2, 0.25) is 0 Å². The molecular weight excluding hydrogens is 500 g/mol. The van der Waals surface area contributed by atoms with E-state index in [9.17, 15) is 9.59 Å². The second-order valence-electron chi connectivity index (χ2n) is 10.2. The first-order valence-electron chi connectivity index (χ1n) is 15.1. The van der Waals surface area contributed by atoms with Gasteiger partial charge >= 0.3 is 11.9 Å². The standard InChI is InChI=1S/C34H48N2O4/c1-3-5-7-9-11-13-15-17-19-25-39-33(37)29-21-23-35-31(27-29)32-28-30(22-24-36-32)34(38)40-26-20-18-16-14-12-10-8-6-4-2/h3-4,21-24,27-28H,1-2,5-20,25-26H2. The van der Waals surface area contributed by atoms with Crippen molar-refractivity contribution in [2.45, 2.75) is 103 Å². The van der Waals surface area contributed by atoms with Gasteiger partial charge in [-0.3, -0.25) is 9.97 Å². The second kappa shape index (κ2) is 21.5. The van der Waals surface area contributed by atoms with Crippen LogP contribution in [0, 0.1) is 0 Å². The fraction of sp³-hybridized carbons (Fsp3) is 0.529. The topological polar surface area (TPSA) is 78.4 Å². The summed E-state index contributed by atoms with van der Waals surface area (Å²) in [5, 5.41) is 0. The second-order valence-corrected chi connectivity index (χ2v) is 10.2. The Morgan fingerprint density at radius 1 is 0.575 bits per heavy atom. The third-order valence-corrected chi connectivity index (χ3v) is 6.83. The molecule has 0 N–H and O–H groups in total. The molecule has 2 aromatic heterocycles. The zero-order chi connectivity index (χ0) is 28.7. The van der Waals surface area contributed by atoms with E-state index in [2.05, 4.69) is 23.1 Å². The Hall–Kier alpha value is -3.28. The molecule has 40 heavy (non-hydrogen) atoms. The smallest absolute Gasteiger partial charge is 0.338 e. The quantitative estimate of drug-likeness (QED) is 0.0783. The molecular formula is C34H48N2O4. The molecule has 218 valence electrons. The Balaban J connectivity index is 1.71. The SMILES string of the molecule is C=CCCCCCCCCCOC(=O)c1ccnc(-c2cc(C(=O)OCCCCCCCCCC=C)ccn2)c1. The summed E-state index contributed by atoms with van der Waals surface area (Å²) in [6.45, 7) is 8.31. The number of rotatable bonds is 23. The number of carbonyl (C=O) groups is 2. The lowest BCUT2D eigenvalue weighted by atomic mass is 10.1. The van der Waals surface area contributed by atoms with Crippen LogP contribution in [-0.4, -0.2) is 35.1 Å². The highest BCUT2D eigenvalue weighted by Gasteiger charge is 2.13. The lowest BCUT2D eigenvalue weighted by Crippen LogP contribution is -2.08. The van der Waals surface area contributed by atoms with Crippen LogP contribution in [0.15, 0.2) is 62.0 Å². The summed E-state index contributed by atoms with van der Waals surface area (Å²) in [4.78, 5) is 33.8. The minimum atomic E-state index is -0.375. The van der Waals surface area contributed by atoms with E-state index in [0.29, 0.717) is 35.7 Å². The first kappa shape index (κ1) is 32.9. The third-order valence-electron chi connectivity index (χ3n) is 6.83. The molecule has 2 rings (SSSR count). The molecule has 2 heterocycles. The van der Waals surface area contributed by atoms with Crippen molar-refractivity contribution in [3.05, 3.63) is 73.1 Å². The summed E-state index contributed by atoms with van der Waals surface area (Å²) in [5.41, 5.74) is 1.85. The van der Waals surface area contributed by atoms with Gasteiger partial charge in [0.15, 0.2) is 0 Å². The van der Waals surface area contributed by atoms with E-state index in [4.69, 9.17) is 9.47 Å². The number of allylic oxidation sites excluding steroid dienone is 2. The van der Waals surface area contributed by atoms with Gasteiger partial charge in [-0.25, -0.2) is 9.59 Å². The van der Waals surface area contributed by atoms with Crippen molar-refractivity contribution in [1.82, 2.24) is 9.97 Å². The Labute approximate surface area is 241 Å². The number of hydrogen-bond donors (Lipinski definition) is 0. The molecule has 0 amide bonds. The van der Waals surface area contributed by atoms with Crippen molar-refractivity contribution in [2.75, 3.05) is 13.2 Å². The molecule has 0 aliphatic heterocycles. The molecule has 0 spiro atoms. The molecule has 0 saturated carbocycles. The fourth-order valence-corrected chi connectivity index (χ4v) is 4.44. The molecule has 0 unspecified atom stereocenters. The van der Waals surface area contributed by atoms with Gasteiger partial charge < -0.3 is 9.47 Å². The summed E-state index contributed by atoms with van der Waals surface area (Å²) in [5.74, 6) is -0.749. The summed E-state index contributed by atoms with van der Waals surface area (Å²) >= 11 is 0. The third kappa shape index (κ3) is 14.2. The predicted molar refractivity (Wildman–Crippen MR) is 162 cm³/mol. The lowest BCUT2D eigenvalue weighted by molar-refractivity contribution is 0.0488. The Kier molecular flexibility index (Phi) is 17.7. The molecule has 6 heteroatoms. The summed E-state index contributed by atoms with van der Waals surface area (Å²) in [7, 11) is 0. The molecule has 0 aliphatic carbocycles. The van der Waals surface area contributed by atoms with E-state index in [0.717, 1.165) is 51.4 Å². The van der Waals surface area contributed by atoms with Gasteiger partial charge in [0, 0.05) is 12.4 Å². The lowest BCUT2D eigenvalue weighted by Gasteiger charge is -2.08. The zero-order valence-corrected chi connectivity index (χ0v) is 24.3. The summed E-state index contributed by atoms with van der Waals surface area (Å²) < 4.78 is 10.9. The van der Waals surface area contributed by atoms with E-state index in [1.165, 1.54) is 51.4 Å². The number of esters is 2. The van der Waals surface area contributed by atoms with E-state index in [1.54, 1.807) is 36.7 Å². The number of aromatic nitrogens is 2. The maximum Gasteiger partial charge on any atom is 0.338 e. The Bertz CT molecular complexity index is 939. The average molecular weight is 549 g/mol. The minimum Gasteiger partial charge on any atom is -0.462 e. The number of carbonyl (C=O) groups excluding carboxylic acids is 2. The molecule has 0 aromatic carbocycles.